The van der Waals surface area contributed by atoms with Crippen molar-refractivity contribution in [3.63, 3.8) is 0 Å². The van der Waals surface area contributed by atoms with Gasteiger partial charge in [-0.15, -0.1) is 21.5 Å². The Morgan fingerprint density at radius 1 is 1.28 bits per heavy atom. The number of hydrogen-bond donors (Lipinski definition) is 1. The standard InChI is InChI=1S/C20H25N5O3S/c1-12(19(27)21-20-8-13-5-14(9-20)7-15(6-13)10-20)28-17(26)11-25-23-18(22-24-25)16-3-2-4-29-16/h2-4,12-15H,5-11H2,1H3,(H,21,27)/t12-,13?,14?,15?,20?/m0/s1. The number of esters is 1. The number of tetrazole rings is 1. The van der Waals surface area contributed by atoms with Crippen LogP contribution in [0.25, 0.3) is 10.7 Å². The molecule has 154 valence electrons. The summed E-state index contributed by atoms with van der Waals surface area (Å²) < 4.78 is 5.35. The lowest BCUT2D eigenvalue weighted by Gasteiger charge is -2.57. The summed E-state index contributed by atoms with van der Waals surface area (Å²) in [5.74, 6) is 1.96. The number of thiophene rings is 1. The second-order valence-corrected chi connectivity index (χ2v) is 9.89. The largest absolute Gasteiger partial charge is 0.451 e. The molecule has 0 aromatic carbocycles. The molecule has 4 saturated carbocycles. The number of nitrogens with one attached hydrogen (secondary N) is 1. The summed E-state index contributed by atoms with van der Waals surface area (Å²) in [6.45, 7) is 1.45. The van der Waals surface area contributed by atoms with E-state index < -0.39 is 12.1 Å². The fourth-order valence-corrected chi connectivity index (χ4v) is 6.49. The highest BCUT2D eigenvalue weighted by molar-refractivity contribution is 7.13. The van der Waals surface area contributed by atoms with Crippen molar-refractivity contribution in [3.8, 4) is 10.7 Å². The van der Waals surface area contributed by atoms with Gasteiger partial charge in [0.1, 0.15) is 0 Å². The lowest BCUT2D eigenvalue weighted by Crippen LogP contribution is -2.61. The van der Waals surface area contributed by atoms with Crippen LogP contribution in [0.15, 0.2) is 17.5 Å². The van der Waals surface area contributed by atoms with E-state index in [1.165, 1.54) is 35.4 Å². The van der Waals surface area contributed by atoms with Gasteiger partial charge in [-0.2, -0.15) is 4.80 Å². The number of hydrogen-bond acceptors (Lipinski definition) is 7. The van der Waals surface area contributed by atoms with Crippen LogP contribution >= 0.6 is 11.3 Å². The van der Waals surface area contributed by atoms with Crippen molar-refractivity contribution in [1.82, 2.24) is 25.5 Å². The Hall–Kier alpha value is -2.29. The van der Waals surface area contributed by atoms with Gasteiger partial charge in [0, 0.05) is 5.54 Å². The summed E-state index contributed by atoms with van der Waals surface area (Å²) in [5.41, 5.74) is -0.0877. The van der Waals surface area contributed by atoms with E-state index in [9.17, 15) is 9.59 Å². The van der Waals surface area contributed by atoms with Gasteiger partial charge >= 0.3 is 5.97 Å². The molecule has 0 aliphatic heterocycles. The average Bonchev–Trinajstić information content (AvgIpc) is 3.31. The van der Waals surface area contributed by atoms with E-state index in [-0.39, 0.29) is 18.0 Å². The third-order valence-electron chi connectivity index (χ3n) is 6.57. The zero-order valence-corrected chi connectivity index (χ0v) is 17.2. The normalized spacial score (nSPS) is 30.9. The minimum Gasteiger partial charge on any atom is -0.451 e. The maximum absolute atomic E-state index is 12.7. The lowest BCUT2D eigenvalue weighted by molar-refractivity contribution is -0.157. The van der Waals surface area contributed by atoms with Gasteiger partial charge in [0.2, 0.25) is 5.82 Å². The third-order valence-corrected chi connectivity index (χ3v) is 7.43. The molecule has 2 heterocycles. The first kappa shape index (κ1) is 18.7. The fraction of sp³-hybridized carbons (Fsp3) is 0.650. The number of nitrogens with zero attached hydrogens (tertiary/aromatic N) is 4. The van der Waals surface area contributed by atoms with Crippen LogP contribution in [0.2, 0.25) is 0 Å². The van der Waals surface area contributed by atoms with Crippen LogP contribution in [0.4, 0.5) is 0 Å². The second-order valence-electron chi connectivity index (χ2n) is 8.94. The van der Waals surface area contributed by atoms with E-state index in [1.54, 1.807) is 6.92 Å². The van der Waals surface area contributed by atoms with Crippen molar-refractivity contribution in [2.75, 3.05) is 0 Å². The van der Waals surface area contributed by atoms with Crippen LogP contribution in [0.1, 0.15) is 45.4 Å². The predicted molar refractivity (Wildman–Crippen MR) is 106 cm³/mol. The first-order chi connectivity index (χ1) is 14.0. The molecule has 4 aliphatic rings. The van der Waals surface area contributed by atoms with Crippen molar-refractivity contribution < 1.29 is 14.3 Å². The van der Waals surface area contributed by atoms with Gasteiger partial charge in [-0.05, 0) is 79.9 Å². The highest BCUT2D eigenvalue weighted by Crippen LogP contribution is 2.55. The predicted octanol–water partition coefficient (Wildman–Crippen LogP) is 2.42. The monoisotopic (exact) mass is 415 g/mol. The van der Waals surface area contributed by atoms with Crippen LogP contribution in [0.3, 0.4) is 0 Å². The van der Waals surface area contributed by atoms with Crippen molar-refractivity contribution in [2.45, 2.75) is 63.6 Å². The van der Waals surface area contributed by atoms with Gasteiger partial charge in [0.05, 0.1) is 4.88 Å². The number of aromatic nitrogens is 4. The fourth-order valence-electron chi connectivity index (χ4n) is 5.84. The Morgan fingerprint density at radius 3 is 2.59 bits per heavy atom. The smallest absolute Gasteiger partial charge is 0.330 e. The zero-order chi connectivity index (χ0) is 20.0. The highest BCUT2D eigenvalue weighted by Gasteiger charge is 2.51. The van der Waals surface area contributed by atoms with Gasteiger partial charge in [0.15, 0.2) is 12.6 Å². The molecule has 8 nitrogen and oxygen atoms in total. The minimum absolute atomic E-state index is 0.0877. The molecule has 0 radical (unpaired) electrons. The molecule has 4 bridgehead atoms. The molecule has 9 heteroatoms. The van der Waals surface area contributed by atoms with Gasteiger partial charge in [-0.1, -0.05) is 6.07 Å². The summed E-state index contributed by atoms with van der Waals surface area (Å²) in [7, 11) is 0. The van der Waals surface area contributed by atoms with E-state index in [1.807, 2.05) is 17.5 Å². The third kappa shape index (κ3) is 3.80. The van der Waals surface area contributed by atoms with E-state index in [0.29, 0.717) is 5.82 Å². The second kappa shape index (κ2) is 7.19. The van der Waals surface area contributed by atoms with Gasteiger partial charge in [0.25, 0.3) is 5.91 Å². The maximum Gasteiger partial charge on any atom is 0.330 e. The minimum atomic E-state index is -0.837. The molecule has 0 unspecified atom stereocenters. The summed E-state index contributed by atoms with van der Waals surface area (Å²) in [4.78, 5) is 27.1. The van der Waals surface area contributed by atoms with E-state index in [4.69, 9.17) is 4.74 Å². The molecule has 1 amide bonds. The van der Waals surface area contributed by atoms with E-state index >= 15 is 0 Å². The molecule has 4 aliphatic carbocycles. The summed E-state index contributed by atoms with van der Waals surface area (Å²) in [6.07, 6.45) is 6.32. The number of carbonyl (C=O) groups is 2. The first-order valence-electron chi connectivity index (χ1n) is 10.3. The van der Waals surface area contributed by atoms with Gasteiger partial charge in [-0.25, -0.2) is 4.79 Å². The number of rotatable bonds is 6. The molecule has 6 rings (SSSR count). The first-order valence-corrected chi connectivity index (χ1v) is 11.2. The number of carbonyl (C=O) groups excluding carboxylic acids is 2. The molecule has 1 atom stereocenters. The average molecular weight is 416 g/mol. The molecule has 0 spiro atoms. The lowest BCUT2D eigenvalue weighted by atomic mass is 9.53. The van der Waals surface area contributed by atoms with E-state index in [2.05, 4.69) is 20.7 Å². The molecule has 2 aromatic rings. The molecular weight excluding hydrogens is 390 g/mol. The van der Waals surface area contributed by atoms with Crippen molar-refractivity contribution >= 4 is 23.2 Å². The SMILES string of the molecule is C[C@H](OC(=O)Cn1nnc(-c2cccs2)n1)C(=O)NC12CC3CC(CC(C3)C1)C2. The van der Waals surface area contributed by atoms with Gasteiger partial charge < -0.3 is 10.1 Å². The molecule has 0 saturated heterocycles. The Labute approximate surface area is 173 Å². The van der Waals surface area contributed by atoms with Gasteiger partial charge in [-0.3, -0.25) is 4.79 Å². The van der Waals surface area contributed by atoms with Crippen molar-refractivity contribution in [1.29, 1.82) is 0 Å². The summed E-state index contributed by atoms with van der Waals surface area (Å²) in [6, 6.07) is 3.79. The summed E-state index contributed by atoms with van der Waals surface area (Å²) >= 11 is 1.50. The zero-order valence-electron chi connectivity index (χ0n) is 16.4. The van der Waals surface area contributed by atoms with Crippen LogP contribution in [0.5, 0.6) is 0 Å². The van der Waals surface area contributed by atoms with Crippen LogP contribution in [0, 0.1) is 17.8 Å². The highest BCUT2D eigenvalue weighted by atomic mass is 32.1. The number of amides is 1. The van der Waals surface area contributed by atoms with Crippen LogP contribution in [-0.2, 0) is 20.9 Å². The van der Waals surface area contributed by atoms with Crippen LogP contribution in [-0.4, -0.2) is 43.7 Å². The van der Waals surface area contributed by atoms with Crippen molar-refractivity contribution in [3.05, 3.63) is 17.5 Å². The Balaban J connectivity index is 1.16. The summed E-state index contributed by atoms with van der Waals surface area (Å²) in [5, 5.41) is 17.2. The maximum atomic E-state index is 12.7. The molecule has 29 heavy (non-hydrogen) atoms. The number of ether oxygens (including phenoxy) is 1. The topological polar surface area (TPSA) is 99.0 Å². The Bertz CT molecular complexity index is 874. The molecule has 2 aromatic heterocycles. The quantitative estimate of drug-likeness (QED) is 0.728. The molecular formula is C20H25N5O3S. The molecule has 4 fully saturated rings. The Kier molecular flexibility index (Phi) is 4.64. The molecule has 1 N–H and O–H groups in total. The van der Waals surface area contributed by atoms with E-state index in [0.717, 1.165) is 41.9 Å². The van der Waals surface area contributed by atoms with Crippen LogP contribution < -0.4 is 5.32 Å². The van der Waals surface area contributed by atoms with Crippen molar-refractivity contribution in [2.24, 2.45) is 17.8 Å². The Morgan fingerprint density at radius 2 is 1.97 bits per heavy atom.